The molecule has 0 radical (unpaired) electrons. The third-order valence-corrected chi connectivity index (χ3v) is 1.95. The maximum atomic E-state index is 5.81. The lowest BCUT2D eigenvalue weighted by atomic mass is 9.94. The van der Waals surface area contributed by atoms with Gasteiger partial charge in [0.15, 0.2) is 0 Å². The molecule has 1 aliphatic carbocycles. The number of fused-ring (bicyclic) bond motifs is 1. The second kappa shape index (κ2) is 2.47. The normalized spacial score (nSPS) is 33.4. The third-order valence-electron chi connectivity index (χ3n) is 1.95. The van der Waals surface area contributed by atoms with Crippen molar-refractivity contribution in [2.75, 3.05) is 0 Å². The Balaban J connectivity index is 2.35. The molecule has 0 amide bonds. The van der Waals surface area contributed by atoms with Gasteiger partial charge in [-0.05, 0) is 11.6 Å². The predicted octanol–water partition coefficient (Wildman–Crippen LogP) is 0.819. The number of rotatable bonds is 0. The molecule has 0 saturated heterocycles. The molecule has 2 aliphatic rings. The van der Waals surface area contributed by atoms with Crippen molar-refractivity contribution in [1.82, 2.24) is 0 Å². The zero-order valence-electron chi connectivity index (χ0n) is 6.14. The van der Waals surface area contributed by atoms with Crippen molar-refractivity contribution >= 4 is 6.21 Å². The van der Waals surface area contributed by atoms with Crippen LogP contribution in [0.5, 0.6) is 0 Å². The summed E-state index contributed by atoms with van der Waals surface area (Å²) in [5.41, 5.74) is 7.02. The van der Waals surface area contributed by atoms with E-state index in [-0.39, 0.29) is 12.1 Å². The fourth-order valence-electron chi connectivity index (χ4n) is 1.36. The highest BCUT2D eigenvalue weighted by Crippen LogP contribution is 2.18. The second-order valence-corrected chi connectivity index (χ2v) is 2.73. The summed E-state index contributed by atoms with van der Waals surface area (Å²) in [6, 6.07) is 0.209. The average molecular weight is 146 g/mol. The predicted molar refractivity (Wildman–Crippen MR) is 46.6 cm³/mol. The van der Waals surface area contributed by atoms with Crippen LogP contribution >= 0.6 is 0 Å². The van der Waals surface area contributed by atoms with Gasteiger partial charge in [-0.2, -0.15) is 0 Å². The molecule has 11 heavy (non-hydrogen) atoms. The van der Waals surface area contributed by atoms with Crippen LogP contribution in [0.1, 0.15) is 0 Å². The van der Waals surface area contributed by atoms with Gasteiger partial charge in [0.2, 0.25) is 0 Å². The second-order valence-electron chi connectivity index (χ2n) is 2.73. The smallest absolute Gasteiger partial charge is 0.0935 e. The quantitative estimate of drug-likeness (QED) is 0.540. The van der Waals surface area contributed by atoms with Gasteiger partial charge in [0.25, 0.3) is 0 Å². The number of aliphatic imine (C=N–C) groups is 1. The molecular weight excluding hydrogens is 136 g/mol. The number of allylic oxidation sites excluding steroid dienone is 3. The highest BCUT2D eigenvalue weighted by Gasteiger charge is 2.20. The molecule has 2 N–H and O–H groups in total. The first-order valence-electron chi connectivity index (χ1n) is 3.72. The lowest BCUT2D eigenvalue weighted by Crippen LogP contribution is -2.34. The maximum Gasteiger partial charge on any atom is 0.0935 e. The van der Waals surface area contributed by atoms with E-state index in [0.29, 0.717) is 0 Å². The fraction of sp³-hybridized carbons (Fsp3) is 0.222. The summed E-state index contributed by atoms with van der Waals surface area (Å²) in [4.78, 5) is 4.28. The number of nitrogens with two attached hydrogens (primary N) is 1. The van der Waals surface area contributed by atoms with Gasteiger partial charge in [0, 0.05) is 12.3 Å². The molecule has 2 rings (SSSR count). The van der Waals surface area contributed by atoms with Crippen molar-refractivity contribution in [1.29, 1.82) is 0 Å². The minimum atomic E-state index is 0.0520. The van der Waals surface area contributed by atoms with Crippen LogP contribution < -0.4 is 5.73 Å². The molecule has 0 aromatic heterocycles. The first-order valence-corrected chi connectivity index (χ1v) is 3.72. The Hall–Kier alpha value is -1.15. The van der Waals surface area contributed by atoms with E-state index in [1.807, 2.05) is 18.2 Å². The molecule has 0 bridgehead atoms. The van der Waals surface area contributed by atoms with Gasteiger partial charge in [-0.15, -0.1) is 0 Å². The van der Waals surface area contributed by atoms with Crippen molar-refractivity contribution in [3.63, 3.8) is 0 Å². The molecular formula is C9H10N2. The zero-order valence-corrected chi connectivity index (χ0v) is 6.14. The Morgan fingerprint density at radius 1 is 1.36 bits per heavy atom. The monoisotopic (exact) mass is 146 g/mol. The topological polar surface area (TPSA) is 38.4 Å². The minimum Gasteiger partial charge on any atom is -0.322 e. The third kappa shape index (κ3) is 1.05. The number of hydrogen-bond donors (Lipinski definition) is 1. The van der Waals surface area contributed by atoms with Gasteiger partial charge < -0.3 is 5.73 Å². The van der Waals surface area contributed by atoms with Gasteiger partial charge in [-0.1, -0.05) is 24.3 Å². The van der Waals surface area contributed by atoms with Crippen molar-refractivity contribution < 1.29 is 0 Å². The minimum absolute atomic E-state index is 0.0520. The number of nitrogens with zero attached hydrogens (tertiary/aromatic N) is 1. The first-order chi connectivity index (χ1) is 5.38. The Labute approximate surface area is 65.8 Å². The van der Waals surface area contributed by atoms with E-state index in [1.165, 1.54) is 5.57 Å². The van der Waals surface area contributed by atoms with E-state index in [9.17, 15) is 0 Å². The molecule has 0 aromatic carbocycles. The van der Waals surface area contributed by atoms with Crippen molar-refractivity contribution in [2.45, 2.75) is 12.1 Å². The Bertz CT molecular complexity index is 271. The van der Waals surface area contributed by atoms with Gasteiger partial charge in [-0.3, -0.25) is 4.99 Å². The summed E-state index contributed by atoms with van der Waals surface area (Å²) in [6.07, 6.45) is 11.8. The lowest BCUT2D eigenvalue weighted by molar-refractivity contribution is 0.679. The summed E-state index contributed by atoms with van der Waals surface area (Å²) in [5, 5.41) is 0. The molecule has 0 spiro atoms. The summed E-state index contributed by atoms with van der Waals surface area (Å²) >= 11 is 0. The molecule has 0 aromatic rings. The van der Waals surface area contributed by atoms with E-state index in [1.54, 1.807) is 6.21 Å². The Morgan fingerprint density at radius 2 is 2.27 bits per heavy atom. The van der Waals surface area contributed by atoms with Crippen LogP contribution in [0.25, 0.3) is 0 Å². The molecule has 2 heteroatoms. The highest BCUT2D eigenvalue weighted by atomic mass is 14.9. The molecule has 1 aliphatic heterocycles. The van der Waals surface area contributed by atoms with Crippen LogP contribution in [0.3, 0.4) is 0 Å². The van der Waals surface area contributed by atoms with Gasteiger partial charge in [-0.25, -0.2) is 0 Å². The van der Waals surface area contributed by atoms with Gasteiger partial charge >= 0.3 is 0 Å². The number of dihydropyridines is 1. The SMILES string of the molecule is NC1C=CC=C2C=CC=NC21. The van der Waals surface area contributed by atoms with E-state index in [0.717, 1.165) is 0 Å². The Kier molecular flexibility index (Phi) is 1.47. The maximum absolute atomic E-state index is 5.81. The standard InChI is InChI=1S/C9H10N2/c10-8-5-1-3-7-4-2-6-11-9(7)8/h1-6,8-9H,10H2. The lowest BCUT2D eigenvalue weighted by Gasteiger charge is -2.22. The van der Waals surface area contributed by atoms with Crippen LogP contribution in [0, 0.1) is 0 Å². The van der Waals surface area contributed by atoms with E-state index >= 15 is 0 Å². The van der Waals surface area contributed by atoms with Gasteiger partial charge in [0.1, 0.15) is 0 Å². The summed E-state index contributed by atoms with van der Waals surface area (Å²) in [6.45, 7) is 0. The molecule has 2 unspecified atom stereocenters. The molecule has 56 valence electrons. The van der Waals surface area contributed by atoms with Crippen molar-refractivity contribution in [3.8, 4) is 0 Å². The average Bonchev–Trinajstić information content (AvgIpc) is 2.06. The van der Waals surface area contributed by atoms with E-state index < -0.39 is 0 Å². The highest BCUT2D eigenvalue weighted by molar-refractivity contribution is 5.75. The summed E-state index contributed by atoms with van der Waals surface area (Å²) < 4.78 is 0. The van der Waals surface area contributed by atoms with E-state index in [4.69, 9.17) is 5.73 Å². The Morgan fingerprint density at radius 3 is 3.09 bits per heavy atom. The van der Waals surface area contributed by atoms with Crippen LogP contribution in [0.2, 0.25) is 0 Å². The van der Waals surface area contributed by atoms with Crippen molar-refractivity contribution in [2.24, 2.45) is 10.7 Å². The molecule has 0 saturated carbocycles. The molecule has 0 fully saturated rings. The summed E-state index contributed by atoms with van der Waals surface area (Å²) in [7, 11) is 0. The van der Waals surface area contributed by atoms with Crippen LogP contribution in [0.4, 0.5) is 0 Å². The fourth-order valence-corrected chi connectivity index (χ4v) is 1.36. The first kappa shape index (κ1) is 6.55. The summed E-state index contributed by atoms with van der Waals surface area (Å²) in [5.74, 6) is 0. The molecule has 1 heterocycles. The van der Waals surface area contributed by atoms with E-state index in [2.05, 4.69) is 17.1 Å². The van der Waals surface area contributed by atoms with Gasteiger partial charge in [0.05, 0.1) is 6.04 Å². The zero-order chi connectivity index (χ0) is 7.68. The van der Waals surface area contributed by atoms with Crippen LogP contribution in [-0.4, -0.2) is 18.3 Å². The van der Waals surface area contributed by atoms with Crippen LogP contribution in [0.15, 0.2) is 40.9 Å². The largest absolute Gasteiger partial charge is 0.322 e. The molecule has 2 nitrogen and oxygen atoms in total. The number of hydrogen-bond acceptors (Lipinski definition) is 2. The molecule has 2 atom stereocenters. The van der Waals surface area contributed by atoms with Crippen molar-refractivity contribution in [3.05, 3.63) is 36.0 Å². The van der Waals surface area contributed by atoms with Crippen LogP contribution in [-0.2, 0) is 0 Å².